The summed E-state index contributed by atoms with van der Waals surface area (Å²) in [4.78, 5) is 19.6. The number of aliphatic imine (C=N–C) groups is 2. The van der Waals surface area contributed by atoms with E-state index in [1.165, 1.54) is 13.5 Å². The van der Waals surface area contributed by atoms with E-state index in [1.807, 2.05) is 29.3 Å². The minimum Gasteiger partial charge on any atom is -0.494 e. The van der Waals surface area contributed by atoms with Crippen LogP contribution in [-0.2, 0) is 9.53 Å². The topological polar surface area (TPSA) is 191 Å². The Morgan fingerprint density at radius 3 is 2.68 bits per heavy atom. The lowest BCUT2D eigenvalue weighted by atomic mass is 9.74. The van der Waals surface area contributed by atoms with E-state index in [0.717, 1.165) is 49.1 Å². The lowest BCUT2D eigenvalue weighted by Gasteiger charge is -2.54. The molecule has 0 radical (unpaired) electrons. The molecule has 10 N–H and O–H groups in total. The number of ether oxygens (including phenoxy) is 1. The maximum Gasteiger partial charge on any atom is 0.286 e. The number of hydrogen-bond acceptors (Lipinski definition) is 8. The van der Waals surface area contributed by atoms with E-state index < -0.39 is 5.91 Å². The number of primary amides is 1. The number of nitrogens with one attached hydrogen (secondary N) is 1. The van der Waals surface area contributed by atoms with Crippen LogP contribution in [0.1, 0.15) is 44.1 Å². The first-order chi connectivity index (χ1) is 17.7. The molecule has 3 aliphatic rings. The molecule has 1 saturated carbocycles. The third-order valence-electron chi connectivity index (χ3n) is 6.83. The Labute approximate surface area is 222 Å². The molecule has 1 amide bonds. The molecule has 1 heterocycles. The lowest BCUT2D eigenvalue weighted by Crippen LogP contribution is -2.63. The molecule has 2 aliphatic carbocycles. The molecular weight excluding hydrogens is 496 g/mol. The molecular formula is C25H37ClN8O3. The highest BCUT2D eigenvalue weighted by Gasteiger charge is 2.48. The number of allylic oxidation sites excluding steroid dienone is 1. The Hall–Kier alpha value is -3.12. The molecule has 0 saturated heterocycles. The Kier molecular flexibility index (Phi) is 9.93. The Morgan fingerprint density at radius 2 is 2.08 bits per heavy atom. The first-order valence-electron chi connectivity index (χ1n) is 12.3. The van der Waals surface area contributed by atoms with E-state index >= 15 is 0 Å². The number of carbonyl (C=O) groups excluding carboxylic acids is 1. The van der Waals surface area contributed by atoms with E-state index in [-0.39, 0.29) is 29.9 Å². The van der Waals surface area contributed by atoms with E-state index in [2.05, 4.69) is 21.0 Å². The van der Waals surface area contributed by atoms with Gasteiger partial charge in [-0.25, -0.2) is 10.8 Å². The van der Waals surface area contributed by atoms with Crippen LogP contribution >= 0.6 is 11.6 Å². The number of hydrazine groups is 1. The molecule has 1 aromatic rings. The number of amides is 1. The molecule has 1 atom stereocenters. The zero-order valence-corrected chi connectivity index (χ0v) is 21.9. The van der Waals surface area contributed by atoms with Crippen molar-refractivity contribution >= 4 is 35.3 Å². The van der Waals surface area contributed by atoms with Crippen LogP contribution in [0, 0.1) is 5.92 Å². The zero-order valence-electron chi connectivity index (χ0n) is 21.1. The highest BCUT2D eigenvalue weighted by Crippen LogP contribution is 2.46. The summed E-state index contributed by atoms with van der Waals surface area (Å²) in [7, 11) is 1.44. The molecule has 4 rings (SSSR count). The van der Waals surface area contributed by atoms with Crippen molar-refractivity contribution in [2.75, 3.05) is 26.9 Å². The number of benzene rings is 1. The van der Waals surface area contributed by atoms with Crippen molar-refractivity contribution < 1.29 is 14.6 Å². The molecule has 202 valence electrons. The smallest absolute Gasteiger partial charge is 0.286 e. The van der Waals surface area contributed by atoms with Gasteiger partial charge in [0, 0.05) is 31.0 Å². The minimum atomic E-state index is -0.751. The van der Waals surface area contributed by atoms with Gasteiger partial charge < -0.3 is 37.4 Å². The van der Waals surface area contributed by atoms with Gasteiger partial charge in [-0.2, -0.15) is 0 Å². The van der Waals surface area contributed by atoms with Gasteiger partial charge in [0.05, 0.1) is 23.7 Å². The summed E-state index contributed by atoms with van der Waals surface area (Å²) < 4.78 is 6.18. The Morgan fingerprint density at radius 1 is 1.35 bits per heavy atom. The number of nitrogens with two attached hydrogens (primary N) is 4. The monoisotopic (exact) mass is 532 g/mol. The van der Waals surface area contributed by atoms with E-state index in [9.17, 15) is 4.79 Å². The normalized spacial score (nSPS) is 21.4. The number of nitrogens with zero attached hydrogens (tertiary/aromatic N) is 3. The van der Waals surface area contributed by atoms with Crippen molar-refractivity contribution in [3.8, 4) is 0 Å². The van der Waals surface area contributed by atoms with E-state index in [1.54, 1.807) is 6.07 Å². The van der Waals surface area contributed by atoms with Gasteiger partial charge in [-0.3, -0.25) is 9.79 Å². The predicted octanol–water partition coefficient (Wildman–Crippen LogP) is 1.18. The standard InChI is InChI=1S/C24H32ClN7O2.CH5NO/c1-29-23(22(27)33)31-21(26)18(12-15-5-2-7-17(25)11-15)30-13-16-6-3-8-19-20(16)32(28)24(14-34-19)9-4-10-24;2-1-3/h2,5,7,11-12,16,30H,3-4,6,8-10,13-14,28H2,1H3,(H2,27,33)(H2,26,29,31);3H,1-2H2/b18-12-;/t16-;/m0./s1. The number of amidine groups is 2. The summed E-state index contributed by atoms with van der Waals surface area (Å²) in [5.74, 6) is 7.01. The second kappa shape index (κ2) is 12.9. The van der Waals surface area contributed by atoms with Crippen LogP contribution in [0.4, 0.5) is 0 Å². The largest absolute Gasteiger partial charge is 0.494 e. The summed E-state index contributed by atoms with van der Waals surface area (Å²) in [5, 5.41) is 13.4. The van der Waals surface area contributed by atoms with Gasteiger partial charge in [-0.15, -0.1) is 0 Å². The third-order valence-corrected chi connectivity index (χ3v) is 7.07. The maximum atomic E-state index is 11.6. The number of aliphatic hydroxyl groups is 1. The number of aliphatic hydroxyl groups excluding tert-OH is 1. The quantitative estimate of drug-likeness (QED) is 0.141. The van der Waals surface area contributed by atoms with Crippen molar-refractivity contribution in [2.24, 2.45) is 38.9 Å². The molecule has 1 fully saturated rings. The molecule has 0 aromatic heterocycles. The number of carbonyl (C=O) groups is 1. The van der Waals surface area contributed by atoms with Crippen molar-refractivity contribution in [2.45, 2.75) is 44.1 Å². The first-order valence-corrected chi connectivity index (χ1v) is 12.7. The minimum absolute atomic E-state index is 0.0810. The molecule has 0 bridgehead atoms. The third kappa shape index (κ3) is 6.80. The predicted molar refractivity (Wildman–Crippen MR) is 146 cm³/mol. The van der Waals surface area contributed by atoms with Gasteiger partial charge in [0.2, 0.25) is 5.84 Å². The summed E-state index contributed by atoms with van der Waals surface area (Å²) in [6, 6.07) is 7.37. The second-order valence-corrected chi connectivity index (χ2v) is 9.66. The van der Waals surface area contributed by atoms with Crippen LogP contribution in [0.3, 0.4) is 0 Å². The van der Waals surface area contributed by atoms with Crippen LogP contribution in [0.2, 0.25) is 5.02 Å². The molecule has 11 nitrogen and oxygen atoms in total. The summed E-state index contributed by atoms with van der Waals surface area (Å²) >= 11 is 6.16. The van der Waals surface area contributed by atoms with Crippen LogP contribution in [0.5, 0.6) is 0 Å². The molecule has 1 aliphatic heterocycles. The second-order valence-electron chi connectivity index (χ2n) is 9.22. The van der Waals surface area contributed by atoms with Gasteiger partial charge in [0.25, 0.3) is 5.91 Å². The van der Waals surface area contributed by atoms with Crippen LogP contribution in [0.25, 0.3) is 6.08 Å². The number of rotatable bonds is 5. The van der Waals surface area contributed by atoms with Crippen LogP contribution in [0.15, 0.2) is 51.4 Å². The van der Waals surface area contributed by atoms with Gasteiger partial charge >= 0.3 is 0 Å². The molecule has 37 heavy (non-hydrogen) atoms. The fourth-order valence-electron chi connectivity index (χ4n) is 4.80. The average molecular weight is 533 g/mol. The van der Waals surface area contributed by atoms with Gasteiger partial charge in [-0.05, 0) is 55.9 Å². The molecule has 12 heteroatoms. The van der Waals surface area contributed by atoms with Crippen molar-refractivity contribution in [1.82, 2.24) is 10.3 Å². The molecule has 1 aromatic carbocycles. The highest BCUT2D eigenvalue weighted by atomic mass is 35.5. The number of hydrogen-bond donors (Lipinski definition) is 6. The summed E-state index contributed by atoms with van der Waals surface area (Å²) in [6.07, 6.45) is 8.00. The Bertz CT molecular complexity index is 1100. The van der Waals surface area contributed by atoms with Gasteiger partial charge in [0.1, 0.15) is 18.2 Å². The van der Waals surface area contributed by atoms with Gasteiger partial charge in [0.15, 0.2) is 0 Å². The van der Waals surface area contributed by atoms with E-state index in [4.69, 9.17) is 38.8 Å². The van der Waals surface area contributed by atoms with E-state index in [0.29, 0.717) is 23.9 Å². The van der Waals surface area contributed by atoms with Crippen molar-refractivity contribution in [1.29, 1.82) is 0 Å². The van der Waals surface area contributed by atoms with Crippen LogP contribution < -0.4 is 28.4 Å². The van der Waals surface area contributed by atoms with Crippen molar-refractivity contribution in [3.63, 3.8) is 0 Å². The average Bonchev–Trinajstić information content (AvgIpc) is 2.84. The maximum absolute atomic E-state index is 11.6. The van der Waals surface area contributed by atoms with Crippen molar-refractivity contribution in [3.05, 3.63) is 52.0 Å². The molecule has 1 spiro atoms. The fraction of sp³-hybridized carbons (Fsp3) is 0.480. The zero-order chi connectivity index (χ0) is 27.0. The van der Waals surface area contributed by atoms with Crippen LogP contribution in [-0.4, -0.2) is 60.2 Å². The lowest BCUT2D eigenvalue weighted by molar-refractivity contribution is -0.112. The fourth-order valence-corrected chi connectivity index (χ4v) is 4.99. The molecule has 0 unspecified atom stereocenters. The summed E-state index contributed by atoms with van der Waals surface area (Å²) in [6.45, 7) is 0.984. The first kappa shape index (κ1) is 28.5. The summed E-state index contributed by atoms with van der Waals surface area (Å²) in [5.41, 5.74) is 18.4. The Balaban J connectivity index is 0.00000121. The number of halogens is 1. The highest BCUT2D eigenvalue weighted by molar-refractivity contribution is 6.39. The SMILES string of the molecule is CN=C(N=C(N)/C(=C/c1cccc(Cl)c1)NC[C@@H]1CCCC2=C1N(N)C1(CCC1)CO2)C(N)=O.NCO. The van der Waals surface area contributed by atoms with Gasteiger partial charge in [-0.1, -0.05) is 23.7 Å².